The number of anilines is 1. The second kappa shape index (κ2) is 9.93. The molecule has 0 fully saturated rings. The molecule has 3 amide bonds. The third-order valence-electron chi connectivity index (χ3n) is 2.98. The number of carbonyl (C=O) groups is 3. The summed E-state index contributed by atoms with van der Waals surface area (Å²) in [6, 6.07) is 5.90. The van der Waals surface area contributed by atoms with E-state index in [2.05, 4.69) is 20.7 Å². The Morgan fingerprint density at radius 3 is 2.07 bits per heavy atom. The quantitative estimate of drug-likeness (QED) is 0.454. The van der Waals surface area contributed by atoms with E-state index in [0.29, 0.717) is 11.3 Å². The number of benzene rings is 1. The molecule has 1 aromatic carbocycles. The fourth-order valence-corrected chi connectivity index (χ4v) is 2.48. The molecule has 0 aromatic heterocycles. The number of amides is 3. The zero-order valence-electron chi connectivity index (χ0n) is 16.3. The Labute approximate surface area is 164 Å². The molecule has 1 rings (SSSR count). The molecule has 0 bridgehead atoms. The average molecular weight is 414 g/mol. The van der Waals surface area contributed by atoms with Crippen molar-refractivity contribution in [1.82, 2.24) is 16.0 Å². The number of alkyl carbamates (subject to hydrolysis) is 1. The molecular weight excluding hydrogens is 388 g/mol. The molecule has 28 heavy (non-hydrogen) atoms. The van der Waals surface area contributed by atoms with Gasteiger partial charge in [0.25, 0.3) is 5.91 Å². The minimum absolute atomic E-state index is 0.175. The molecule has 10 nitrogen and oxygen atoms in total. The summed E-state index contributed by atoms with van der Waals surface area (Å²) in [5.74, 6) is -0.789. The van der Waals surface area contributed by atoms with Crippen molar-refractivity contribution < 1.29 is 27.5 Å². The number of carbonyl (C=O) groups excluding carboxylic acids is 3. The minimum atomic E-state index is -3.38. The molecule has 0 heterocycles. The lowest BCUT2D eigenvalue weighted by molar-refractivity contribution is -0.120. The standard InChI is InChI=1S/C17H26N4O6S/c1-17(2,3)27-16(24)20-11-14(22)18-9-10-19-15(23)12-5-7-13(8-6-12)21-28(4,25)26/h5-8,21H,9-11H2,1-4H3,(H,18,22)(H,19,23)(H,20,24). The summed E-state index contributed by atoms with van der Waals surface area (Å²) in [6.07, 6.45) is 0.343. The number of hydrogen-bond acceptors (Lipinski definition) is 6. The van der Waals surface area contributed by atoms with Crippen LogP contribution in [0, 0.1) is 0 Å². The van der Waals surface area contributed by atoms with E-state index in [1.807, 2.05) is 0 Å². The topological polar surface area (TPSA) is 143 Å². The summed E-state index contributed by atoms with van der Waals surface area (Å²) in [7, 11) is -3.38. The van der Waals surface area contributed by atoms with Crippen molar-refractivity contribution in [3.8, 4) is 0 Å². The van der Waals surface area contributed by atoms with Crippen molar-refractivity contribution in [2.75, 3.05) is 30.6 Å². The van der Waals surface area contributed by atoms with Gasteiger partial charge in [-0.3, -0.25) is 14.3 Å². The van der Waals surface area contributed by atoms with E-state index in [9.17, 15) is 22.8 Å². The van der Waals surface area contributed by atoms with Crippen LogP contribution in [0.4, 0.5) is 10.5 Å². The van der Waals surface area contributed by atoms with Crippen LogP contribution in [0.25, 0.3) is 0 Å². The summed E-state index contributed by atoms with van der Waals surface area (Å²) in [5.41, 5.74) is 0.0463. The zero-order valence-corrected chi connectivity index (χ0v) is 17.1. The highest BCUT2D eigenvalue weighted by Crippen LogP contribution is 2.10. The summed E-state index contributed by atoms with van der Waals surface area (Å²) in [5, 5.41) is 7.48. The van der Waals surface area contributed by atoms with Gasteiger partial charge in [0, 0.05) is 24.3 Å². The Kier molecular flexibility index (Phi) is 8.23. The maximum absolute atomic E-state index is 12.0. The summed E-state index contributed by atoms with van der Waals surface area (Å²) in [4.78, 5) is 35.1. The highest BCUT2D eigenvalue weighted by Gasteiger charge is 2.16. The first kappa shape index (κ1) is 23.2. The molecule has 0 saturated carbocycles. The van der Waals surface area contributed by atoms with E-state index in [4.69, 9.17) is 4.74 Å². The zero-order chi connectivity index (χ0) is 21.4. The van der Waals surface area contributed by atoms with Gasteiger partial charge in [0.05, 0.1) is 12.8 Å². The maximum atomic E-state index is 12.0. The van der Waals surface area contributed by atoms with Crippen LogP contribution in [0.15, 0.2) is 24.3 Å². The van der Waals surface area contributed by atoms with Crippen molar-refractivity contribution >= 4 is 33.6 Å². The van der Waals surface area contributed by atoms with Gasteiger partial charge in [-0.15, -0.1) is 0 Å². The van der Waals surface area contributed by atoms with E-state index in [-0.39, 0.29) is 25.5 Å². The second-order valence-corrected chi connectivity index (χ2v) is 8.66. The van der Waals surface area contributed by atoms with E-state index < -0.39 is 27.6 Å². The summed E-state index contributed by atoms with van der Waals surface area (Å²) < 4.78 is 29.6. The predicted octanol–water partition coefficient (Wildman–Crippen LogP) is 0.429. The smallest absolute Gasteiger partial charge is 0.408 e. The van der Waals surface area contributed by atoms with Crippen molar-refractivity contribution in [2.24, 2.45) is 0 Å². The fraction of sp³-hybridized carbons (Fsp3) is 0.471. The summed E-state index contributed by atoms with van der Waals surface area (Å²) in [6.45, 7) is 5.26. The van der Waals surface area contributed by atoms with Crippen molar-refractivity contribution in [3.05, 3.63) is 29.8 Å². The van der Waals surface area contributed by atoms with Gasteiger partial charge in [-0.25, -0.2) is 13.2 Å². The van der Waals surface area contributed by atoms with Gasteiger partial charge in [0.15, 0.2) is 0 Å². The van der Waals surface area contributed by atoms with Crippen molar-refractivity contribution in [3.63, 3.8) is 0 Å². The first-order valence-electron chi connectivity index (χ1n) is 8.45. The molecule has 0 radical (unpaired) electrons. The largest absolute Gasteiger partial charge is 0.444 e. The fourth-order valence-electron chi connectivity index (χ4n) is 1.91. The van der Waals surface area contributed by atoms with Gasteiger partial charge in [-0.2, -0.15) is 0 Å². The molecule has 0 unspecified atom stereocenters. The number of hydrogen-bond donors (Lipinski definition) is 4. The Morgan fingerprint density at radius 1 is 0.964 bits per heavy atom. The molecule has 156 valence electrons. The van der Waals surface area contributed by atoms with Crippen LogP contribution in [-0.4, -0.2) is 57.8 Å². The van der Waals surface area contributed by atoms with Crippen molar-refractivity contribution in [1.29, 1.82) is 0 Å². The van der Waals surface area contributed by atoms with E-state index in [0.717, 1.165) is 6.26 Å². The molecule has 0 aliphatic rings. The van der Waals surface area contributed by atoms with Gasteiger partial charge >= 0.3 is 6.09 Å². The molecular formula is C17H26N4O6S. The molecule has 0 aliphatic carbocycles. The van der Waals surface area contributed by atoms with E-state index in [1.165, 1.54) is 24.3 Å². The highest BCUT2D eigenvalue weighted by atomic mass is 32.2. The number of ether oxygens (including phenoxy) is 1. The molecule has 1 aromatic rings. The highest BCUT2D eigenvalue weighted by molar-refractivity contribution is 7.92. The van der Waals surface area contributed by atoms with Crippen molar-refractivity contribution in [2.45, 2.75) is 26.4 Å². The van der Waals surface area contributed by atoms with Crippen LogP contribution >= 0.6 is 0 Å². The molecule has 0 spiro atoms. The molecule has 0 aliphatic heterocycles. The lowest BCUT2D eigenvalue weighted by Crippen LogP contribution is -2.42. The van der Waals surface area contributed by atoms with Crippen LogP contribution in [-0.2, 0) is 19.6 Å². The van der Waals surface area contributed by atoms with Crippen LogP contribution < -0.4 is 20.7 Å². The number of rotatable bonds is 8. The Hall–Kier alpha value is -2.82. The maximum Gasteiger partial charge on any atom is 0.408 e. The first-order valence-corrected chi connectivity index (χ1v) is 10.3. The number of sulfonamides is 1. The van der Waals surface area contributed by atoms with Gasteiger partial charge in [0.2, 0.25) is 15.9 Å². The molecule has 4 N–H and O–H groups in total. The Bertz CT molecular complexity index is 800. The second-order valence-electron chi connectivity index (χ2n) is 6.91. The van der Waals surface area contributed by atoms with Gasteiger partial charge in [0.1, 0.15) is 5.60 Å². The van der Waals surface area contributed by atoms with E-state index in [1.54, 1.807) is 20.8 Å². The van der Waals surface area contributed by atoms with Crippen LogP contribution in [0.2, 0.25) is 0 Å². The lowest BCUT2D eigenvalue weighted by atomic mass is 10.2. The molecule has 0 saturated heterocycles. The van der Waals surface area contributed by atoms with Crippen LogP contribution in [0.5, 0.6) is 0 Å². The SMILES string of the molecule is CC(C)(C)OC(=O)NCC(=O)NCCNC(=O)c1ccc(NS(C)(=O)=O)cc1. The Balaban J connectivity index is 2.29. The lowest BCUT2D eigenvalue weighted by Gasteiger charge is -2.19. The van der Waals surface area contributed by atoms with Gasteiger partial charge in [-0.1, -0.05) is 0 Å². The third kappa shape index (κ3) is 10.4. The van der Waals surface area contributed by atoms with Gasteiger partial charge < -0.3 is 20.7 Å². The van der Waals surface area contributed by atoms with Gasteiger partial charge in [-0.05, 0) is 45.0 Å². The first-order chi connectivity index (χ1) is 12.9. The molecule has 11 heteroatoms. The minimum Gasteiger partial charge on any atom is -0.444 e. The van der Waals surface area contributed by atoms with Crippen LogP contribution in [0.3, 0.4) is 0 Å². The van der Waals surface area contributed by atoms with E-state index >= 15 is 0 Å². The Morgan fingerprint density at radius 2 is 1.54 bits per heavy atom. The average Bonchev–Trinajstić information content (AvgIpc) is 2.54. The predicted molar refractivity (Wildman–Crippen MR) is 104 cm³/mol. The molecule has 0 atom stereocenters. The third-order valence-corrected chi connectivity index (χ3v) is 3.58. The number of nitrogens with one attached hydrogen (secondary N) is 4. The van der Waals surface area contributed by atoms with Crippen LogP contribution in [0.1, 0.15) is 31.1 Å². The normalized spacial score (nSPS) is 11.3. The monoisotopic (exact) mass is 414 g/mol. The summed E-state index contributed by atoms with van der Waals surface area (Å²) >= 11 is 0.